The second-order valence-corrected chi connectivity index (χ2v) is 14.8. The fourth-order valence-corrected chi connectivity index (χ4v) is 7.21. The summed E-state index contributed by atoms with van der Waals surface area (Å²) in [5, 5.41) is 0. The molecule has 0 aromatic carbocycles. The van der Waals surface area contributed by atoms with Gasteiger partial charge in [-0.25, -0.2) is 9.13 Å². The van der Waals surface area contributed by atoms with Crippen LogP contribution in [0, 0.1) is 0 Å². The molecule has 1 aromatic rings. The normalized spacial score (nSPS) is 11.6. The van der Waals surface area contributed by atoms with E-state index in [0.717, 1.165) is 0 Å². The van der Waals surface area contributed by atoms with Crippen molar-refractivity contribution in [2.24, 2.45) is 0 Å². The molecule has 0 unspecified atom stereocenters. The van der Waals surface area contributed by atoms with E-state index in [-0.39, 0.29) is 0 Å². The number of aromatic nitrogens is 2. The van der Waals surface area contributed by atoms with Gasteiger partial charge in [0.25, 0.3) is 5.82 Å². The molecular formula is C43H85N2+. The van der Waals surface area contributed by atoms with Crippen LogP contribution in [0.1, 0.15) is 245 Å². The summed E-state index contributed by atoms with van der Waals surface area (Å²) in [5.41, 5.74) is 0. The molecule has 0 saturated carbocycles. The average Bonchev–Trinajstić information content (AvgIpc) is 3.43. The minimum atomic E-state index is 1.23. The van der Waals surface area contributed by atoms with Crippen LogP contribution in [0.4, 0.5) is 0 Å². The summed E-state index contributed by atoms with van der Waals surface area (Å²) in [4.78, 5) is 0. The number of aryl methyl sites for hydroxylation is 2. The first-order chi connectivity index (χ1) is 22.3. The lowest BCUT2D eigenvalue weighted by atomic mass is 10.0. The third kappa shape index (κ3) is 26.9. The molecule has 1 heterocycles. The third-order valence-corrected chi connectivity index (χ3v) is 10.3. The lowest BCUT2D eigenvalue weighted by Gasteiger charge is -2.07. The smallest absolute Gasteiger partial charge is 0.234 e. The third-order valence-electron chi connectivity index (χ3n) is 10.3. The van der Waals surface area contributed by atoms with E-state index in [9.17, 15) is 0 Å². The standard InChI is InChI=1S/C43H85N2/c1-4-7-10-13-16-19-21-23-24-26-28-31-34-37-40-45-42-41-44(43(45)38-35-32-29-18-15-12-9-6-3)39-36-33-30-27-25-22-20-17-14-11-8-5-2/h41-42H,4-40H2,1-3H3/q+1. The predicted octanol–water partition coefficient (Wildman–Crippen LogP) is 14.6. The minimum absolute atomic E-state index is 1.23. The van der Waals surface area contributed by atoms with Crippen molar-refractivity contribution in [3.05, 3.63) is 18.2 Å². The summed E-state index contributed by atoms with van der Waals surface area (Å²) in [5.74, 6) is 1.62. The first-order valence-electron chi connectivity index (χ1n) is 21.4. The Bertz CT molecular complexity index is 692. The maximum absolute atomic E-state index is 2.64. The number of hydrogen-bond acceptors (Lipinski definition) is 0. The first kappa shape index (κ1) is 42.2. The Morgan fingerprint density at radius 2 is 0.689 bits per heavy atom. The van der Waals surface area contributed by atoms with Crippen molar-refractivity contribution in [2.75, 3.05) is 0 Å². The highest BCUT2D eigenvalue weighted by Gasteiger charge is 2.16. The molecule has 0 aliphatic carbocycles. The van der Waals surface area contributed by atoms with Crippen molar-refractivity contribution >= 4 is 0 Å². The molecule has 0 N–H and O–H groups in total. The van der Waals surface area contributed by atoms with Gasteiger partial charge in [-0.15, -0.1) is 0 Å². The molecule has 0 aliphatic rings. The Labute approximate surface area is 285 Å². The van der Waals surface area contributed by atoms with Crippen molar-refractivity contribution in [3.63, 3.8) is 0 Å². The lowest BCUT2D eigenvalue weighted by molar-refractivity contribution is -0.704. The molecule has 0 spiro atoms. The van der Waals surface area contributed by atoms with Gasteiger partial charge in [0, 0.05) is 6.42 Å². The molecule has 0 aliphatic heterocycles. The number of imidazole rings is 1. The van der Waals surface area contributed by atoms with Gasteiger partial charge in [0.05, 0.1) is 13.1 Å². The fourth-order valence-electron chi connectivity index (χ4n) is 7.21. The van der Waals surface area contributed by atoms with Gasteiger partial charge in [-0.3, -0.25) is 0 Å². The van der Waals surface area contributed by atoms with Crippen LogP contribution in [0.2, 0.25) is 0 Å². The van der Waals surface area contributed by atoms with Crippen LogP contribution < -0.4 is 4.57 Å². The van der Waals surface area contributed by atoms with Gasteiger partial charge in [-0.1, -0.05) is 207 Å². The molecule has 1 rings (SSSR count). The van der Waals surface area contributed by atoms with Crippen LogP contribution in [-0.4, -0.2) is 4.57 Å². The first-order valence-corrected chi connectivity index (χ1v) is 21.4. The Morgan fingerprint density at radius 3 is 1.07 bits per heavy atom. The summed E-state index contributed by atoms with van der Waals surface area (Å²) in [6.07, 6.45) is 54.9. The van der Waals surface area contributed by atoms with Gasteiger partial charge in [-0.05, 0) is 32.1 Å². The van der Waals surface area contributed by atoms with Crippen LogP contribution >= 0.6 is 0 Å². The maximum Gasteiger partial charge on any atom is 0.256 e. The van der Waals surface area contributed by atoms with Gasteiger partial charge in [0.1, 0.15) is 12.4 Å². The zero-order chi connectivity index (χ0) is 32.3. The molecule has 266 valence electrons. The monoisotopic (exact) mass is 630 g/mol. The van der Waals surface area contributed by atoms with Crippen molar-refractivity contribution < 1.29 is 4.57 Å². The molecule has 0 bridgehead atoms. The van der Waals surface area contributed by atoms with E-state index in [2.05, 4.69) is 42.3 Å². The summed E-state index contributed by atoms with van der Waals surface area (Å²) in [6, 6.07) is 0. The van der Waals surface area contributed by atoms with Crippen LogP contribution in [0.25, 0.3) is 0 Å². The second-order valence-electron chi connectivity index (χ2n) is 14.8. The fraction of sp³-hybridized carbons (Fsp3) is 0.930. The quantitative estimate of drug-likeness (QED) is 0.0511. The summed E-state index contributed by atoms with van der Waals surface area (Å²) in [6.45, 7) is 9.41. The highest BCUT2D eigenvalue weighted by molar-refractivity contribution is 4.84. The number of rotatable bonds is 37. The molecule has 0 atom stereocenters. The maximum atomic E-state index is 2.64. The topological polar surface area (TPSA) is 8.81 Å². The molecule has 0 radical (unpaired) electrons. The largest absolute Gasteiger partial charge is 0.256 e. The van der Waals surface area contributed by atoms with E-state index in [1.165, 1.54) is 238 Å². The van der Waals surface area contributed by atoms with Crippen LogP contribution in [-0.2, 0) is 19.5 Å². The molecule has 0 amide bonds. The van der Waals surface area contributed by atoms with Crippen LogP contribution in [0.3, 0.4) is 0 Å². The van der Waals surface area contributed by atoms with Crippen molar-refractivity contribution in [1.82, 2.24) is 4.57 Å². The van der Waals surface area contributed by atoms with Crippen molar-refractivity contribution in [1.29, 1.82) is 0 Å². The lowest BCUT2D eigenvalue weighted by Crippen LogP contribution is -2.37. The molecule has 0 fully saturated rings. The molecule has 1 aromatic heterocycles. The zero-order valence-electron chi connectivity index (χ0n) is 31.7. The van der Waals surface area contributed by atoms with E-state index in [4.69, 9.17) is 0 Å². The Morgan fingerprint density at radius 1 is 0.378 bits per heavy atom. The van der Waals surface area contributed by atoms with Crippen LogP contribution in [0.5, 0.6) is 0 Å². The van der Waals surface area contributed by atoms with E-state index in [0.29, 0.717) is 0 Å². The van der Waals surface area contributed by atoms with Crippen LogP contribution in [0.15, 0.2) is 12.4 Å². The highest BCUT2D eigenvalue weighted by Crippen LogP contribution is 2.16. The number of nitrogens with zero attached hydrogens (tertiary/aromatic N) is 2. The summed E-state index contributed by atoms with van der Waals surface area (Å²) < 4.78 is 5.28. The van der Waals surface area contributed by atoms with Crippen molar-refractivity contribution in [3.8, 4) is 0 Å². The molecular weight excluding hydrogens is 544 g/mol. The van der Waals surface area contributed by atoms with Crippen molar-refractivity contribution in [2.45, 2.75) is 259 Å². The Balaban J connectivity index is 2.25. The zero-order valence-corrected chi connectivity index (χ0v) is 31.7. The summed E-state index contributed by atoms with van der Waals surface area (Å²) >= 11 is 0. The SMILES string of the molecule is CCCCCCCCCCCCCCCC[n+]1ccn(CCCCCCCCCCCCCC)c1CCCCCCCCCC. The predicted molar refractivity (Wildman–Crippen MR) is 202 cm³/mol. The van der Waals surface area contributed by atoms with E-state index < -0.39 is 0 Å². The Hall–Kier alpha value is -0.790. The summed E-state index contributed by atoms with van der Waals surface area (Å²) in [7, 11) is 0. The van der Waals surface area contributed by atoms with E-state index >= 15 is 0 Å². The second kappa shape index (κ2) is 34.5. The van der Waals surface area contributed by atoms with E-state index in [1.54, 1.807) is 5.82 Å². The number of unbranched alkanes of at least 4 members (excludes halogenated alkanes) is 31. The molecule has 2 nitrogen and oxygen atoms in total. The molecule has 2 heteroatoms. The molecule has 0 saturated heterocycles. The Kier molecular flexibility index (Phi) is 32.4. The van der Waals surface area contributed by atoms with Gasteiger partial charge in [0.15, 0.2) is 0 Å². The molecule has 45 heavy (non-hydrogen) atoms. The van der Waals surface area contributed by atoms with Gasteiger partial charge in [0.2, 0.25) is 0 Å². The van der Waals surface area contributed by atoms with Gasteiger partial charge >= 0.3 is 0 Å². The highest BCUT2D eigenvalue weighted by atomic mass is 15.1. The van der Waals surface area contributed by atoms with E-state index in [1.807, 2.05) is 0 Å². The minimum Gasteiger partial charge on any atom is -0.234 e. The van der Waals surface area contributed by atoms with Gasteiger partial charge in [-0.2, -0.15) is 0 Å². The van der Waals surface area contributed by atoms with Gasteiger partial charge < -0.3 is 0 Å². The average molecular weight is 630 g/mol. The number of hydrogen-bond donors (Lipinski definition) is 0.